The monoisotopic (exact) mass is 391 g/mol. The first-order chi connectivity index (χ1) is 12.2. The Bertz CT molecular complexity index is 539. The Morgan fingerprint density at radius 2 is 1.73 bits per heavy atom. The fourth-order valence-corrected chi connectivity index (χ4v) is 1.83. The number of guanidine groups is 1. The maximum atomic E-state index is 12.2. The molecule has 0 aromatic rings. The van der Waals surface area contributed by atoms with E-state index in [0.29, 0.717) is 6.42 Å². The van der Waals surface area contributed by atoms with Gasteiger partial charge in [0.1, 0.15) is 12.6 Å². The molecule has 0 aromatic carbocycles. The van der Waals surface area contributed by atoms with Crippen LogP contribution in [0.15, 0.2) is 4.99 Å². The van der Waals surface area contributed by atoms with Crippen LogP contribution in [0.4, 0.5) is 0 Å². The second-order valence-electron chi connectivity index (χ2n) is 5.19. The van der Waals surface area contributed by atoms with E-state index in [0.717, 1.165) is 0 Å². The molecule has 0 heterocycles. The van der Waals surface area contributed by atoms with Crippen molar-refractivity contribution >= 4 is 42.3 Å². The number of aliphatic imine (C=N–C) groups is 1. The van der Waals surface area contributed by atoms with Crippen LogP contribution in [0.25, 0.3) is 0 Å². The number of carboxylic acids is 1. The number of nitrogens with two attached hydrogens (primary N) is 3. The molecule has 0 rings (SSSR count). The van der Waals surface area contributed by atoms with Gasteiger partial charge in [-0.25, -0.2) is 0 Å². The van der Waals surface area contributed by atoms with E-state index >= 15 is 0 Å². The van der Waals surface area contributed by atoms with Gasteiger partial charge in [-0.1, -0.05) is 0 Å². The molecule has 0 aliphatic heterocycles. The number of amides is 3. The molecular formula is C13H25N7O5S. The molecule has 26 heavy (non-hydrogen) atoms. The first-order valence-corrected chi connectivity index (χ1v) is 8.29. The summed E-state index contributed by atoms with van der Waals surface area (Å²) in [6, 6.07) is -1.86. The number of carbonyl (C=O) groups excluding carboxylic acids is 3. The van der Waals surface area contributed by atoms with Crippen LogP contribution >= 0.6 is 12.6 Å². The maximum absolute atomic E-state index is 12.2. The average Bonchev–Trinajstić information content (AvgIpc) is 2.59. The Hall–Kier alpha value is -2.54. The highest BCUT2D eigenvalue weighted by atomic mass is 32.1. The first-order valence-electron chi connectivity index (χ1n) is 7.65. The summed E-state index contributed by atoms with van der Waals surface area (Å²) >= 11 is 3.91. The Morgan fingerprint density at radius 3 is 2.27 bits per heavy atom. The Morgan fingerprint density at radius 1 is 1.08 bits per heavy atom. The van der Waals surface area contributed by atoms with Crippen LogP contribution in [0.1, 0.15) is 12.8 Å². The van der Waals surface area contributed by atoms with E-state index in [1.807, 2.05) is 0 Å². The highest BCUT2D eigenvalue weighted by molar-refractivity contribution is 7.80. The highest BCUT2D eigenvalue weighted by Crippen LogP contribution is 2.00. The van der Waals surface area contributed by atoms with Crippen LogP contribution in [0.5, 0.6) is 0 Å². The predicted octanol–water partition coefficient (Wildman–Crippen LogP) is -3.90. The van der Waals surface area contributed by atoms with Crippen LogP contribution in [0.2, 0.25) is 0 Å². The highest BCUT2D eigenvalue weighted by Gasteiger charge is 2.23. The second kappa shape index (κ2) is 12.8. The van der Waals surface area contributed by atoms with Crippen molar-refractivity contribution < 1.29 is 24.3 Å². The number of carbonyl (C=O) groups is 4. The Kier molecular flexibility index (Phi) is 11.5. The van der Waals surface area contributed by atoms with Gasteiger partial charge in [-0.15, -0.1) is 0 Å². The van der Waals surface area contributed by atoms with E-state index in [2.05, 4.69) is 33.6 Å². The van der Waals surface area contributed by atoms with Crippen molar-refractivity contribution in [1.82, 2.24) is 16.0 Å². The number of carboxylic acid groups (broad SMARTS) is 1. The summed E-state index contributed by atoms with van der Waals surface area (Å²) in [7, 11) is 0. The van der Waals surface area contributed by atoms with E-state index in [4.69, 9.17) is 22.3 Å². The molecule has 148 valence electrons. The van der Waals surface area contributed by atoms with Gasteiger partial charge in [0.15, 0.2) is 5.96 Å². The van der Waals surface area contributed by atoms with Crippen LogP contribution in [0, 0.1) is 0 Å². The maximum Gasteiger partial charge on any atom is 0.322 e. The standard InChI is InChI=1S/C13H25N7O5S/c14-7(6-26)11(24)20-8(2-1-3-17-13(15)16)12(25)19-4-9(21)18-5-10(22)23/h7-8,26H,1-6,14H2,(H,18,21)(H,19,25)(H,20,24)(H,22,23)(H4,15,16,17). The summed E-state index contributed by atoms with van der Waals surface area (Å²) in [6.45, 7) is -0.755. The SMILES string of the molecule is NC(N)=NCCCC(NC(=O)C(N)CS)C(=O)NCC(=O)NCC(=O)O. The lowest BCUT2D eigenvalue weighted by Crippen LogP contribution is -2.53. The van der Waals surface area contributed by atoms with Crippen molar-refractivity contribution in [3.8, 4) is 0 Å². The quantitative estimate of drug-likeness (QED) is 0.0710. The zero-order valence-corrected chi connectivity index (χ0v) is 15.0. The van der Waals surface area contributed by atoms with Crippen molar-refractivity contribution in [2.45, 2.75) is 24.9 Å². The smallest absolute Gasteiger partial charge is 0.322 e. The predicted molar refractivity (Wildman–Crippen MR) is 97.3 cm³/mol. The lowest BCUT2D eigenvalue weighted by Gasteiger charge is -2.20. The lowest BCUT2D eigenvalue weighted by atomic mass is 10.1. The molecule has 0 saturated heterocycles. The zero-order chi connectivity index (χ0) is 20.1. The third-order valence-corrected chi connectivity index (χ3v) is 3.37. The van der Waals surface area contributed by atoms with Crippen molar-refractivity contribution in [3.05, 3.63) is 0 Å². The molecule has 0 aliphatic rings. The molecule has 0 bridgehead atoms. The van der Waals surface area contributed by atoms with Crippen LogP contribution < -0.4 is 33.2 Å². The summed E-state index contributed by atoms with van der Waals surface area (Å²) in [5, 5.41) is 15.3. The summed E-state index contributed by atoms with van der Waals surface area (Å²) in [5.74, 6) is -3.10. The summed E-state index contributed by atoms with van der Waals surface area (Å²) < 4.78 is 0. The van der Waals surface area contributed by atoms with E-state index in [1.54, 1.807) is 0 Å². The number of rotatable bonds is 12. The third-order valence-electron chi connectivity index (χ3n) is 2.97. The van der Waals surface area contributed by atoms with Crippen molar-refractivity contribution in [1.29, 1.82) is 0 Å². The number of hydrogen-bond acceptors (Lipinski definition) is 7. The summed E-state index contributed by atoms with van der Waals surface area (Å²) in [4.78, 5) is 49.6. The largest absolute Gasteiger partial charge is 0.480 e. The Labute approximate surface area is 155 Å². The fourth-order valence-electron chi connectivity index (χ4n) is 1.66. The number of aliphatic carboxylic acids is 1. The van der Waals surface area contributed by atoms with E-state index in [1.165, 1.54) is 0 Å². The van der Waals surface area contributed by atoms with Crippen LogP contribution in [0.3, 0.4) is 0 Å². The van der Waals surface area contributed by atoms with Gasteiger partial charge in [-0.2, -0.15) is 12.6 Å². The molecule has 0 spiro atoms. The number of nitrogens with zero attached hydrogens (tertiary/aromatic N) is 1. The molecule has 3 amide bonds. The molecule has 0 aromatic heterocycles. The van der Waals surface area contributed by atoms with Gasteiger partial charge >= 0.3 is 5.97 Å². The normalized spacial score (nSPS) is 12.4. The number of thiol groups is 1. The van der Waals surface area contributed by atoms with E-state index in [9.17, 15) is 19.2 Å². The van der Waals surface area contributed by atoms with Crippen LogP contribution in [-0.2, 0) is 19.2 Å². The molecule has 0 saturated carbocycles. The summed E-state index contributed by atoms with van der Waals surface area (Å²) in [5.41, 5.74) is 16.0. The van der Waals surface area contributed by atoms with Gasteiger partial charge in [-0.3, -0.25) is 24.2 Å². The zero-order valence-electron chi connectivity index (χ0n) is 14.1. The Balaban J connectivity index is 4.66. The molecule has 0 aliphatic carbocycles. The molecule has 2 atom stereocenters. The number of nitrogens with one attached hydrogen (secondary N) is 3. The minimum absolute atomic E-state index is 0.0891. The molecule has 2 unspecified atom stereocenters. The van der Waals surface area contributed by atoms with Gasteiger partial charge in [0.05, 0.1) is 12.6 Å². The van der Waals surface area contributed by atoms with Gasteiger partial charge < -0.3 is 38.3 Å². The first kappa shape index (κ1) is 23.5. The molecular weight excluding hydrogens is 366 g/mol. The summed E-state index contributed by atoms with van der Waals surface area (Å²) in [6.07, 6.45) is 0.585. The minimum atomic E-state index is -1.21. The molecule has 13 heteroatoms. The fraction of sp³-hybridized carbons (Fsp3) is 0.615. The van der Waals surface area contributed by atoms with Gasteiger partial charge in [0, 0.05) is 12.3 Å². The van der Waals surface area contributed by atoms with E-state index < -0.39 is 48.9 Å². The van der Waals surface area contributed by atoms with Crippen molar-refractivity contribution in [3.63, 3.8) is 0 Å². The second-order valence-corrected chi connectivity index (χ2v) is 5.55. The lowest BCUT2D eigenvalue weighted by molar-refractivity contribution is -0.138. The van der Waals surface area contributed by atoms with Gasteiger partial charge in [-0.05, 0) is 12.8 Å². The number of hydrogen-bond donors (Lipinski definition) is 8. The molecule has 10 N–H and O–H groups in total. The molecule has 12 nitrogen and oxygen atoms in total. The van der Waals surface area contributed by atoms with Gasteiger partial charge in [0.2, 0.25) is 17.7 Å². The van der Waals surface area contributed by atoms with Gasteiger partial charge in [0.25, 0.3) is 0 Å². The molecule has 0 radical (unpaired) electrons. The van der Waals surface area contributed by atoms with Crippen LogP contribution in [-0.4, -0.2) is 72.2 Å². The average molecular weight is 391 g/mol. The van der Waals surface area contributed by atoms with E-state index in [-0.39, 0.29) is 24.7 Å². The topological polar surface area (TPSA) is 215 Å². The minimum Gasteiger partial charge on any atom is -0.480 e. The van der Waals surface area contributed by atoms with Crippen molar-refractivity contribution in [2.75, 3.05) is 25.4 Å². The third kappa shape index (κ3) is 11.1. The molecule has 0 fully saturated rings. The van der Waals surface area contributed by atoms with Crippen molar-refractivity contribution in [2.24, 2.45) is 22.2 Å².